The summed E-state index contributed by atoms with van der Waals surface area (Å²) < 4.78 is 14.0. The van der Waals surface area contributed by atoms with Gasteiger partial charge in [-0.25, -0.2) is 9.79 Å². The molecule has 0 N–H and O–H groups in total. The zero-order valence-corrected chi connectivity index (χ0v) is 25.1. The number of hydrogen-bond acceptors (Lipinski definition) is 8. The van der Waals surface area contributed by atoms with E-state index < -0.39 is 18.0 Å². The van der Waals surface area contributed by atoms with Gasteiger partial charge in [-0.05, 0) is 71.9 Å². The second-order valence-corrected chi connectivity index (χ2v) is 11.6. The van der Waals surface area contributed by atoms with Gasteiger partial charge in [0.1, 0.15) is 0 Å². The van der Waals surface area contributed by atoms with Crippen LogP contribution in [0.25, 0.3) is 6.08 Å². The third kappa shape index (κ3) is 5.69. The summed E-state index contributed by atoms with van der Waals surface area (Å²) in [6.07, 6.45) is 3.64. The molecule has 1 atom stereocenters. The largest absolute Gasteiger partial charge is 0.463 e. The molecule has 0 saturated carbocycles. The van der Waals surface area contributed by atoms with E-state index in [0.717, 1.165) is 14.9 Å². The van der Waals surface area contributed by atoms with Gasteiger partial charge in [-0.3, -0.25) is 14.2 Å². The first-order chi connectivity index (χ1) is 17.6. The zero-order chi connectivity index (χ0) is 26.9. The number of ether oxygens (including phenoxy) is 2. The SMILES string of the molecule is CCOC(=O)C1=C(C)N=c2s/c(=C\c3cc(Br)cc(Br)c3OC(C)=O)c(=O)n2[C@@H]1c1ccc(SC)cc1. The molecule has 1 aliphatic heterocycles. The van der Waals surface area contributed by atoms with Crippen LogP contribution >= 0.6 is 55.0 Å². The van der Waals surface area contributed by atoms with Crippen molar-refractivity contribution in [2.24, 2.45) is 4.99 Å². The molecule has 0 spiro atoms. The Labute approximate surface area is 238 Å². The average molecular weight is 666 g/mol. The van der Waals surface area contributed by atoms with E-state index in [4.69, 9.17) is 9.47 Å². The van der Waals surface area contributed by atoms with Crippen LogP contribution in [-0.2, 0) is 14.3 Å². The first-order valence-electron chi connectivity index (χ1n) is 11.2. The van der Waals surface area contributed by atoms with Gasteiger partial charge >= 0.3 is 11.9 Å². The highest BCUT2D eigenvalue weighted by Gasteiger charge is 2.33. The molecule has 0 bridgehead atoms. The molecule has 4 rings (SSSR count). The zero-order valence-electron chi connectivity index (χ0n) is 20.3. The summed E-state index contributed by atoms with van der Waals surface area (Å²) in [6, 6.07) is 10.6. The maximum absolute atomic E-state index is 13.8. The Morgan fingerprint density at radius 1 is 1.22 bits per heavy atom. The van der Waals surface area contributed by atoms with E-state index in [1.165, 1.54) is 22.8 Å². The minimum Gasteiger partial charge on any atom is -0.463 e. The number of esters is 2. The molecule has 0 aliphatic carbocycles. The number of thioether (sulfide) groups is 1. The number of aromatic nitrogens is 1. The number of benzene rings is 2. The first kappa shape index (κ1) is 27.6. The van der Waals surface area contributed by atoms with Crippen LogP contribution < -0.4 is 19.6 Å². The minimum absolute atomic E-state index is 0.203. The second-order valence-electron chi connectivity index (χ2n) is 7.98. The van der Waals surface area contributed by atoms with Crippen LogP contribution in [0.1, 0.15) is 37.9 Å². The Hall–Kier alpha value is -2.47. The van der Waals surface area contributed by atoms with Crippen molar-refractivity contribution in [3.63, 3.8) is 0 Å². The standard InChI is InChI=1S/C26H22Br2N2O5S2/c1-5-34-25(33)21-13(2)29-26-30(22(21)15-6-8-18(36-4)9-7-15)24(32)20(37-26)11-16-10-17(27)12-19(28)23(16)35-14(3)31/h6-12,22H,5H2,1-4H3/b20-11-/t22-/m1/s1. The number of thiazole rings is 1. The summed E-state index contributed by atoms with van der Waals surface area (Å²) in [5, 5.41) is 0. The summed E-state index contributed by atoms with van der Waals surface area (Å²) in [7, 11) is 0. The molecular formula is C26H22Br2N2O5S2. The molecule has 7 nitrogen and oxygen atoms in total. The Balaban J connectivity index is 1.97. The monoisotopic (exact) mass is 664 g/mol. The molecule has 37 heavy (non-hydrogen) atoms. The van der Waals surface area contributed by atoms with E-state index in [1.54, 1.807) is 43.8 Å². The lowest BCUT2D eigenvalue weighted by Gasteiger charge is -2.24. The van der Waals surface area contributed by atoms with Gasteiger partial charge in [0.15, 0.2) is 10.6 Å². The first-order valence-corrected chi connectivity index (χ1v) is 14.8. The molecule has 2 aromatic carbocycles. The van der Waals surface area contributed by atoms with E-state index in [2.05, 4.69) is 36.9 Å². The fourth-order valence-electron chi connectivity index (χ4n) is 3.97. The molecule has 0 unspecified atom stereocenters. The lowest BCUT2D eigenvalue weighted by Crippen LogP contribution is -2.39. The van der Waals surface area contributed by atoms with Crippen LogP contribution in [0.4, 0.5) is 0 Å². The molecule has 0 saturated heterocycles. The van der Waals surface area contributed by atoms with Gasteiger partial charge in [0.05, 0.1) is 32.9 Å². The van der Waals surface area contributed by atoms with Crippen molar-refractivity contribution in [2.75, 3.05) is 12.9 Å². The molecule has 0 amide bonds. The van der Waals surface area contributed by atoms with Crippen molar-refractivity contribution in [1.82, 2.24) is 4.57 Å². The van der Waals surface area contributed by atoms with Gasteiger partial charge in [-0.15, -0.1) is 11.8 Å². The van der Waals surface area contributed by atoms with Crippen LogP contribution in [0.3, 0.4) is 0 Å². The van der Waals surface area contributed by atoms with Gasteiger partial charge in [0, 0.05) is 21.9 Å². The Morgan fingerprint density at radius 2 is 1.92 bits per heavy atom. The van der Waals surface area contributed by atoms with E-state index in [9.17, 15) is 14.4 Å². The average Bonchev–Trinajstić information content (AvgIpc) is 3.14. The molecule has 0 radical (unpaired) electrons. The predicted octanol–water partition coefficient (Wildman–Crippen LogP) is 4.97. The van der Waals surface area contributed by atoms with E-state index in [1.807, 2.05) is 30.5 Å². The topological polar surface area (TPSA) is 87.0 Å². The Kier molecular flexibility index (Phi) is 8.57. The smallest absolute Gasteiger partial charge is 0.338 e. The van der Waals surface area contributed by atoms with E-state index in [-0.39, 0.29) is 12.2 Å². The summed E-state index contributed by atoms with van der Waals surface area (Å²) >= 11 is 9.68. The summed E-state index contributed by atoms with van der Waals surface area (Å²) in [4.78, 5) is 44.7. The van der Waals surface area contributed by atoms with Crippen molar-refractivity contribution < 1.29 is 19.1 Å². The van der Waals surface area contributed by atoms with Crippen molar-refractivity contribution in [3.8, 4) is 5.75 Å². The number of fused-ring (bicyclic) bond motifs is 1. The fourth-order valence-corrected chi connectivity index (χ4v) is 6.76. The molecule has 11 heteroatoms. The van der Waals surface area contributed by atoms with Crippen LogP contribution in [0.15, 0.2) is 71.3 Å². The van der Waals surface area contributed by atoms with E-state index >= 15 is 0 Å². The molecule has 2 heterocycles. The summed E-state index contributed by atoms with van der Waals surface area (Å²) in [5.41, 5.74) is 1.80. The number of nitrogens with zero attached hydrogens (tertiary/aromatic N) is 2. The molecule has 1 aliphatic rings. The normalized spacial score (nSPS) is 15.3. The van der Waals surface area contributed by atoms with Crippen molar-refractivity contribution >= 4 is 73.0 Å². The van der Waals surface area contributed by atoms with Crippen LogP contribution in [0, 0.1) is 0 Å². The Morgan fingerprint density at radius 3 is 2.54 bits per heavy atom. The van der Waals surface area contributed by atoms with Crippen LogP contribution in [0.5, 0.6) is 5.75 Å². The number of hydrogen-bond donors (Lipinski definition) is 0. The number of carbonyl (C=O) groups is 2. The number of rotatable bonds is 6. The minimum atomic E-state index is -0.699. The van der Waals surface area contributed by atoms with Gasteiger partial charge in [0.25, 0.3) is 5.56 Å². The quantitative estimate of drug-likeness (QED) is 0.210. The van der Waals surface area contributed by atoms with Crippen LogP contribution in [0.2, 0.25) is 0 Å². The molecule has 3 aromatic rings. The van der Waals surface area contributed by atoms with E-state index in [0.29, 0.717) is 36.4 Å². The van der Waals surface area contributed by atoms with Gasteiger partial charge < -0.3 is 9.47 Å². The van der Waals surface area contributed by atoms with Crippen LogP contribution in [-0.4, -0.2) is 29.4 Å². The predicted molar refractivity (Wildman–Crippen MR) is 152 cm³/mol. The lowest BCUT2D eigenvalue weighted by atomic mass is 9.96. The Bertz CT molecular complexity index is 1610. The number of halogens is 2. The lowest BCUT2D eigenvalue weighted by molar-refractivity contribution is -0.139. The third-order valence-corrected chi connectivity index (χ3v) is 8.29. The fraction of sp³-hybridized carbons (Fsp3) is 0.231. The van der Waals surface area contributed by atoms with Crippen molar-refractivity contribution in [3.05, 3.63) is 87.4 Å². The molecule has 0 fully saturated rings. The summed E-state index contributed by atoms with van der Waals surface area (Å²) in [6.45, 7) is 5.00. The highest BCUT2D eigenvalue weighted by atomic mass is 79.9. The highest BCUT2D eigenvalue weighted by Crippen LogP contribution is 2.34. The number of allylic oxidation sites excluding steroid dienone is 1. The van der Waals surface area contributed by atoms with Gasteiger partial charge in [-0.2, -0.15) is 0 Å². The van der Waals surface area contributed by atoms with Crippen molar-refractivity contribution in [1.29, 1.82) is 0 Å². The van der Waals surface area contributed by atoms with Gasteiger partial charge in [-0.1, -0.05) is 39.4 Å². The maximum Gasteiger partial charge on any atom is 0.338 e. The highest BCUT2D eigenvalue weighted by molar-refractivity contribution is 9.11. The summed E-state index contributed by atoms with van der Waals surface area (Å²) in [5.74, 6) is -0.693. The maximum atomic E-state index is 13.8. The molecule has 1 aromatic heterocycles. The molecule has 192 valence electrons. The third-order valence-electron chi connectivity index (χ3n) is 5.52. The molecular weight excluding hydrogens is 644 g/mol. The second kappa shape index (κ2) is 11.5. The van der Waals surface area contributed by atoms with Crippen molar-refractivity contribution in [2.45, 2.75) is 31.7 Å². The van der Waals surface area contributed by atoms with Gasteiger partial charge in [0.2, 0.25) is 0 Å². The number of carbonyl (C=O) groups excluding carboxylic acids is 2.